The van der Waals surface area contributed by atoms with Crippen LogP contribution < -0.4 is 5.56 Å². The maximum atomic E-state index is 12.5. The molecule has 0 bridgehead atoms. The number of benzene rings is 1. The molecule has 1 N–H and O–H groups in total. The van der Waals surface area contributed by atoms with Crippen LogP contribution in [0.5, 0.6) is 0 Å². The number of methoxy groups -OCH3 is 1. The highest BCUT2D eigenvalue weighted by Crippen LogP contribution is 2.27. The third-order valence-corrected chi connectivity index (χ3v) is 5.74. The van der Waals surface area contributed by atoms with Gasteiger partial charge in [-0.25, -0.2) is 9.78 Å². The fourth-order valence-corrected chi connectivity index (χ4v) is 4.30. The van der Waals surface area contributed by atoms with Crippen LogP contribution in [-0.4, -0.2) is 35.0 Å². The van der Waals surface area contributed by atoms with Gasteiger partial charge in [0.2, 0.25) is 0 Å². The summed E-state index contributed by atoms with van der Waals surface area (Å²) in [6, 6.07) is 6.40. The maximum absolute atomic E-state index is 12.5. The number of thiophene rings is 1. The summed E-state index contributed by atoms with van der Waals surface area (Å²) in [6.07, 6.45) is 0. The molecule has 0 atom stereocenters. The van der Waals surface area contributed by atoms with Gasteiger partial charge in [-0.15, -0.1) is 11.3 Å². The highest BCUT2D eigenvalue weighted by Gasteiger charge is 2.20. The number of carbonyl (C=O) groups excluding carboxylic acids is 1. The molecule has 0 saturated carbocycles. The van der Waals surface area contributed by atoms with Crippen LogP contribution in [0.3, 0.4) is 0 Å². The highest BCUT2D eigenvalue weighted by molar-refractivity contribution is 7.20. The van der Waals surface area contributed by atoms with Crippen molar-refractivity contribution in [2.45, 2.75) is 33.9 Å². The van der Waals surface area contributed by atoms with E-state index >= 15 is 0 Å². The van der Waals surface area contributed by atoms with Gasteiger partial charge in [0.15, 0.2) is 0 Å². The predicted molar refractivity (Wildman–Crippen MR) is 107 cm³/mol. The zero-order valence-electron chi connectivity index (χ0n) is 16.2. The summed E-state index contributed by atoms with van der Waals surface area (Å²) >= 11 is 1.20. The Hall–Kier alpha value is -2.51. The Morgan fingerprint density at radius 3 is 2.67 bits per heavy atom. The molecule has 0 aliphatic carbocycles. The molecule has 3 rings (SSSR count). The molecule has 0 fully saturated rings. The van der Waals surface area contributed by atoms with E-state index in [1.165, 1.54) is 35.1 Å². The zero-order chi connectivity index (χ0) is 19.7. The van der Waals surface area contributed by atoms with E-state index in [0.29, 0.717) is 33.0 Å². The summed E-state index contributed by atoms with van der Waals surface area (Å²) in [5, 5.41) is 0.459. The first kappa shape index (κ1) is 19.3. The van der Waals surface area contributed by atoms with E-state index in [0.717, 1.165) is 6.54 Å². The number of aromatic amines is 1. The fourth-order valence-electron chi connectivity index (χ4n) is 3.18. The number of rotatable bonds is 5. The van der Waals surface area contributed by atoms with Gasteiger partial charge in [-0.05, 0) is 44.5 Å². The molecule has 0 unspecified atom stereocenters. The lowest BCUT2D eigenvalue weighted by Gasteiger charge is -2.17. The predicted octanol–water partition coefficient (Wildman–Crippen LogP) is 3.33. The van der Waals surface area contributed by atoms with E-state index < -0.39 is 5.97 Å². The van der Waals surface area contributed by atoms with E-state index in [9.17, 15) is 9.59 Å². The number of hydrogen-bond donors (Lipinski definition) is 1. The Morgan fingerprint density at radius 2 is 2.00 bits per heavy atom. The minimum atomic E-state index is -0.441. The molecule has 0 radical (unpaired) electrons. The number of aryl methyl sites for hydroxylation is 3. The Labute approximate surface area is 161 Å². The summed E-state index contributed by atoms with van der Waals surface area (Å²) < 4.78 is 4.79. The van der Waals surface area contributed by atoms with Crippen LogP contribution in [0.4, 0.5) is 0 Å². The summed E-state index contributed by atoms with van der Waals surface area (Å²) in [4.78, 5) is 34.9. The topological polar surface area (TPSA) is 75.3 Å². The van der Waals surface area contributed by atoms with Crippen molar-refractivity contribution in [3.05, 3.63) is 61.5 Å². The standard InChI is InChI=1S/C20H23N3O3S/c1-11-6-7-14(12(2)8-11)9-23(4)10-15-21-18(24)16-13(3)17(20(25)26-5)27-19(16)22-15/h6-8H,9-10H2,1-5H3,(H,21,22,24). The number of nitrogens with one attached hydrogen (secondary N) is 1. The number of H-pyrrole nitrogens is 1. The molecule has 0 saturated heterocycles. The van der Waals surface area contributed by atoms with Crippen molar-refractivity contribution in [3.63, 3.8) is 0 Å². The average molecular weight is 385 g/mol. The first-order valence-corrected chi connectivity index (χ1v) is 9.47. The van der Waals surface area contributed by atoms with Gasteiger partial charge < -0.3 is 9.72 Å². The number of hydrogen-bond acceptors (Lipinski definition) is 6. The van der Waals surface area contributed by atoms with Gasteiger partial charge in [0.25, 0.3) is 5.56 Å². The largest absolute Gasteiger partial charge is 0.465 e. The number of nitrogens with zero attached hydrogens (tertiary/aromatic N) is 2. The molecule has 3 aromatic rings. The molecule has 0 aliphatic heterocycles. The third kappa shape index (κ3) is 3.94. The molecule has 0 amide bonds. The first-order valence-electron chi connectivity index (χ1n) is 8.65. The zero-order valence-corrected chi connectivity index (χ0v) is 17.0. The number of ether oxygens (including phenoxy) is 1. The monoisotopic (exact) mass is 385 g/mol. The van der Waals surface area contributed by atoms with Gasteiger partial charge in [0.05, 0.1) is 19.0 Å². The van der Waals surface area contributed by atoms with Gasteiger partial charge in [0.1, 0.15) is 15.5 Å². The number of fused-ring (bicyclic) bond motifs is 1. The van der Waals surface area contributed by atoms with Crippen molar-refractivity contribution in [3.8, 4) is 0 Å². The second-order valence-electron chi connectivity index (χ2n) is 6.84. The summed E-state index contributed by atoms with van der Waals surface area (Å²) in [5.41, 5.74) is 4.12. The molecule has 142 valence electrons. The Morgan fingerprint density at radius 1 is 1.26 bits per heavy atom. The Kier molecular flexibility index (Phi) is 5.43. The van der Waals surface area contributed by atoms with Crippen molar-refractivity contribution in [2.24, 2.45) is 0 Å². The molecule has 0 aliphatic rings. The van der Waals surface area contributed by atoms with Crippen molar-refractivity contribution in [1.82, 2.24) is 14.9 Å². The van der Waals surface area contributed by atoms with Gasteiger partial charge in [-0.3, -0.25) is 9.69 Å². The minimum Gasteiger partial charge on any atom is -0.465 e. The lowest BCUT2D eigenvalue weighted by Crippen LogP contribution is -2.22. The molecule has 0 spiro atoms. The van der Waals surface area contributed by atoms with E-state index in [-0.39, 0.29) is 5.56 Å². The van der Waals surface area contributed by atoms with Gasteiger partial charge in [-0.1, -0.05) is 23.8 Å². The van der Waals surface area contributed by atoms with Gasteiger partial charge in [-0.2, -0.15) is 0 Å². The van der Waals surface area contributed by atoms with E-state index in [1.807, 2.05) is 7.05 Å². The molecule has 27 heavy (non-hydrogen) atoms. The molecule has 2 heterocycles. The number of aromatic nitrogens is 2. The smallest absolute Gasteiger partial charge is 0.348 e. The molecular formula is C20H23N3O3S. The van der Waals surface area contributed by atoms with Crippen LogP contribution >= 0.6 is 11.3 Å². The van der Waals surface area contributed by atoms with Crippen LogP contribution in [0.2, 0.25) is 0 Å². The fraction of sp³-hybridized carbons (Fsp3) is 0.350. The van der Waals surface area contributed by atoms with Crippen LogP contribution in [0.15, 0.2) is 23.0 Å². The summed E-state index contributed by atoms with van der Waals surface area (Å²) in [5.74, 6) is 0.140. The minimum absolute atomic E-state index is 0.223. The van der Waals surface area contributed by atoms with Gasteiger partial charge in [0, 0.05) is 6.54 Å². The van der Waals surface area contributed by atoms with E-state index in [4.69, 9.17) is 4.74 Å². The molecular weight excluding hydrogens is 362 g/mol. The normalized spacial score (nSPS) is 11.3. The van der Waals surface area contributed by atoms with Crippen LogP contribution in [0, 0.1) is 20.8 Å². The van der Waals surface area contributed by atoms with Crippen molar-refractivity contribution < 1.29 is 9.53 Å². The number of esters is 1. The van der Waals surface area contributed by atoms with Gasteiger partial charge >= 0.3 is 5.97 Å². The Bertz CT molecular complexity index is 1070. The second kappa shape index (κ2) is 7.62. The average Bonchev–Trinajstić information content (AvgIpc) is 2.93. The molecule has 1 aromatic carbocycles. The van der Waals surface area contributed by atoms with Crippen LogP contribution in [0.1, 0.15) is 37.7 Å². The first-order chi connectivity index (χ1) is 12.8. The Balaban J connectivity index is 1.86. The number of carbonyl (C=O) groups is 1. The SMILES string of the molecule is COC(=O)c1sc2nc(CN(C)Cc3ccc(C)cc3C)[nH]c(=O)c2c1C. The molecule has 2 aromatic heterocycles. The molecule has 7 heteroatoms. The highest BCUT2D eigenvalue weighted by atomic mass is 32.1. The quantitative estimate of drug-likeness (QED) is 0.682. The lowest BCUT2D eigenvalue weighted by molar-refractivity contribution is 0.0605. The summed E-state index contributed by atoms with van der Waals surface area (Å²) in [6.45, 7) is 7.18. The van der Waals surface area contributed by atoms with E-state index in [2.05, 4.69) is 46.9 Å². The third-order valence-electron chi connectivity index (χ3n) is 4.58. The lowest BCUT2D eigenvalue weighted by atomic mass is 10.1. The second-order valence-corrected chi connectivity index (χ2v) is 7.84. The van der Waals surface area contributed by atoms with E-state index in [1.54, 1.807) is 6.92 Å². The molecule has 6 nitrogen and oxygen atoms in total. The van der Waals surface area contributed by atoms with Crippen molar-refractivity contribution >= 4 is 27.5 Å². The summed E-state index contributed by atoms with van der Waals surface area (Å²) in [7, 11) is 3.32. The van der Waals surface area contributed by atoms with Crippen molar-refractivity contribution in [2.75, 3.05) is 14.2 Å². The maximum Gasteiger partial charge on any atom is 0.348 e. The van der Waals surface area contributed by atoms with Crippen molar-refractivity contribution in [1.29, 1.82) is 0 Å². The van der Waals surface area contributed by atoms with Crippen LogP contribution in [0.25, 0.3) is 10.2 Å². The van der Waals surface area contributed by atoms with Crippen LogP contribution in [-0.2, 0) is 17.8 Å².